The molecule has 1 atom stereocenters. The van der Waals surface area contributed by atoms with Gasteiger partial charge >= 0.3 is 0 Å². The number of aromatic nitrogens is 3. The summed E-state index contributed by atoms with van der Waals surface area (Å²) < 4.78 is 20.2. The summed E-state index contributed by atoms with van der Waals surface area (Å²) in [7, 11) is 1.58. The van der Waals surface area contributed by atoms with E-state index in [1.165, 1.54) is 23.5 Å². The molecule has 1 aromatic carbocycles. The monoisotopic (exact) mass is 473 g/mol. The van der Waals surface area contributed by atoms with Crippen molar-refractivity contribution >= 4 is 17.2 Å². The van der Waals surface area contributed by atoms with Gasteiger partial charge in [0.1, 0.15) is 10.8 Å². The fourth-order valence-electron chi connectivity index (χ4n) is 3.88. The van der Waals surface area contributed by atoms with E-state index in [4.69, 9.17) is 15.5 Å². The number of methoxy groups -OCH3 is 1. The molecule has 0 aliphatic carbocycles. The Morgan fingerprint density at radius 1 is 1.24 bits per heavy atom. The van der Waals surface area contributed by atoms with Crippen molar-refractivity contribution in [1.82, 2.24) is 19.7 Å². The number of fused-ring (bicyclic) bond motifs is 1. The molecule has 1 amide bonds. The first kappa shape index (κ1) is 23.0. The van der Waals surface area contributed by atoms with Gasteiger partial charge in [-0.15, -0.1) is 10.2 Å². The number of ether oxygens (including phenoxy) is 1. The molecule has 0 spiro atoms. The predicted molar refractivity (Wildman–Crippen MR) is 121 cm³/mol. The number of halogens is 1. The summed E-state index contributed by atoms with van der Waals surface area (Å²) >= 11 is 1.24. The first-order chi connectivity index (χ1) is 15.8. The normalized spacial score (nSPS) is 15.8. The quantitative estimate of drug-likeness (QED) is 0.524. The van der Waals surface area contributed by atoms with E-state index in [1.807, 2.05) is 13.8 Å². The van der Waals surface area contributed by atoms with E-state index in [9.17, 15) is 14.0 Å². The van der Waals surface area contributed by atoms with E-state index < -0.39 is 5.43 Å². The van der Waals surface area contributed by atoms with Crippen LogP contribution in [0.15, 0.2) is 35.3 Å². The third-order valence-corrected chi connectivity index (χ3v) is 6.48. The lowest BCUT2D eigenvalue weighted by Crippen LogP contribution is -2.49. The second-order valence-electron chi connectivity index (χ2n) is 8.04. The second-order valence-corrected chi connectivity index (χ2v) is 9.10. The molecule has 0 saturated carbocycles. The zero-order chi connectivity index (χ0) is 23.7. The van der Waals surface area contributed by atoms with Crippen LogP contribution >= 0.6 is 11.3 Å². The van der Waals surface area contributed by atoms with Crippen molar-refractivity contribution in [3.8, 4) is 16.3 Å². The highest BCUT2D eigenvalue weighted by Gasteiger charge is 2.37. The van der Waals surface area contributed by atoms with Crippen LogP contribution in [-0.4, -0.2) is 51.9 Å². The number of carbonyl (C=O) groups is 1. The maximum atomic E-state index is 13.2. The molecular weight excluding hydrogens is 449 g/mol. The van der Waals surface area contributed by atoms with Gasteiger partial charge in [-0.05, 0) is 31.5 Å². The largest absolute Gasteiger partial charge is 0.405 e. The molecule has 4 rings (SSSR count). The van der Waals surface area contributed by atoms with Crippen molar-refractivity contribution in [3.63, 3.8) is 0 Å². The summed E-state index contributed by atoms with van der Waals surface area (Å²) in [6.07, 6.45) is 2.04. The fourth-order valence-corrected chi connectivity index (χ4v) is 4.76. The Hall–Kier alpha value is -3.15. The number of benzene rings is 1. The average Bonchev–Trinajstić information content (AvgIpc) is 3.25. The maximum absolute atomic E-state index is 13.2. The number of rotatable bonds is 7. The Morgan fingerprint density at radius 2 is 1.97 bits per heavy atom. The molecule has 0 saturated heterocycles. The zero-order valence-electron chi connectivity index (χ0n) is 18.4. The topological polar surface area (TPSA) is 113 Å². The minimum atomic E-state index is -0.539. The van der Waals surface area contributed by atoms with Crippen LogP contribution in [0.5, 0.6) is 5.75 Å². The number of nitrogens with zero attached hydrogens (tertiary/aromatic N) is 4. The van der Waals surface area contributed by atoms with E-state index >= 15 is 0 Å². The molecule has 9 nitrogen and oxygen atoms in total. The van der Waals surface area contributed by atoms with Crippen molar-refractivity contribution in [3.05, 3.63) is 62.8 Å². The van der Waals surface area contributed by atoms with Gasteiger partial charge in [-0.25, -0.2) is 4.39 Å². The van der Waals surface area contributed by atoms with Gasteiger partial charge in [-0.2, -0.15) is 5.90 Å². The van der Waals surface area contributed by atoms with Gasteiger partial charge in [0.15, 0.2) is 10.7 Å². The number of hydrogen-bond donors (Lipinski definition) is 1. The third-order valence-electron chi connectivity index (χ3n) is 5.52. The Morgan fingerprint density at radius 3 is 2.61 bits per heavy atom. The number of nitrogens with two attached hydrogens (primary N) is 1. The first-order valence-electron chi connectivity index (χ1n) is 10.4. The summed E-state index contributed by atoms with van der Waals surface area (Å²) in [5.74, 6) is 4.58. The van der Waals surface area contributed by atoms with Crippen molar-refractivity contribution < 1.29 is 18.8 Å². The molecular formula is C22H24FN5O4S. The first-order valence-corrected chi connectivity index (χ1v) is 11.2. The highest BCUT2D eigenvalue weighted by atomic mass is 32.1. The minimum Gasteiger partial charge on any atom is -0.405 e. The second kappa shape index (κ2) is 9.38. The summed E-state index contributed by atoms with van der Waals surface area (Å²) in [4.78, 5) is 33.0. The van der Waals surface area contributed by atoms with Crippen molar-refractivity contribution in [2.75, 3.05) is 20.3 Å². The molecule has 174 valence electrons. The molecule has 0 fully saturated rings. The lowest BCUT2D eigenvalue weighted by atomic mass is 10.1. The van der Waals surface area contributed by atoms with Crippen LogP contribution in [0.3, 0.4) is 0 Å². The SMILES string of the molecule is COC[C@H]1CN(C(C)C)C(=O)c2c(ON)c(=O)c(-c3nnc(Cc4ccc(F)cc4)s3)cn21. The summed E-state index contributed by atoms with van der Waals surface area (Å²) in [6.45, 7) is 4.53. The van der Waals surface area contributed by atoms with Gasteiger partial charge in [-0.1, -0.05) is 23.5 Å². The summed E-state index contributed by atoms with van der Waals surface area (Å²) in [5, 5.41) is 9.39. The molecule has 3 aromatic rings. The Labute approximate surface area is 193 Å². The van der Waals surface area contributed by atoms with Gasteiger partial charge in [0.2, 0.25) is 11.2 Å². The third kappa shape index (κ3) is 4.39. The molecule has 0 radical (unpaired) electrons. The van der Waals surface area contributed by atoms with Gasteiger partial charge in [-0.3, -0.25) is 9.59 Å². The van der Waals surface area contributed by atoms with Gasteiger partial charge in [0, 0.05) is 32.3 Å². The Kier molecular flexibility index (Phi) is 6.54. The van der Waals surface area contributed by atoms with Crippen LogP contribution in [-0.2, 0) is 11.2 Å². The molecule has 33 heavy (non-hydrogen) atoms. The van der Waals surface area contributed by atoms with E-state index in [1.54, 1.807) is 34.9 Å². The number of amides is 1. The molecule has 1 aliphatic rings. The van der Waals surface area contributed by atoms with Crippen LogP contribution in [0.4, 0.5) is 4.39 Å². The van der Waals surface area contributed by atoms with E-state index in [0.717, 1.165) is 5.56 Å². The molecule has 0 unspecified atom stereocenters. The molecule has 0 bridgehead atoms. The van der Waals surface area contributed by atoms with Gasteiger partial charge in [0.05, 0.1) is 18.2 Å². The maximum Gasteiger partial charge on any atom is 0.274 e. The Bertz CT molecular complexity index is 1220. The number of carbonyl (C=O) groups excluding carboxylic acids is 1. The fraction of sp³-hybridized carbons (Fsp3) is 0.364. The van der Waals surface area contributed by atoms with Crippen LogP contribution < -0.4 is 16.2 Å². The summed E-state index contributed by atoms with van der Waals surface area (Å²) in [5.41, 5.74) is 0.647. The highest BCUT2D eigenvalue weighted by Crippen LogP contribution is 2.32. The van der Waals surface area contributed by atoms with E-state index in [0.29, 0.717) is 29.6 Å². The number of hydrogen-bond acceptors (Lipinski definition) is 8. The van der Waals surface area contributed by atoms with Crippen LogP contribution in [0, 0.1) is 5.82 Å². The van der Waals surface area contributed by atoms with Crippen LogP contribution in [0.2, 0.25) is 0 Å². The number of pyridine rings is 1. The van der Waals surface area contributed by atoms with Crippen molar-refractivity contribution in [2.45, 2.75) is 32.4 Å². The van der Waals surface area contributed by atoms with Crippen LogP contribution in [0.25, 0.3) is 10.6 Å². The predicted octanol–water partition coefficient (Wildman–Crippen LogP) is 2.40. The van der Waals surface area contributed by atoms with Gasteiger partial charge < -0.3 is 19.0 Å². The Balaban J connectivity index is 1.78. The van der Waals surface area contributed by atoms with Crippen LogP contribution in [0.1, 0.15) is 40.9 Å². The van der Waals surface area contributed by atoms with Crippen molar-refractivity contribution in [2.24, 2.45) is 5.90 Å². The lowest BCUT2D eigenvalue weighted by molar-refractivity contribution is 0.0508. The molecule has 2 aromatic heterocycles. The lowest BCUT2D eigenvalue weighted by Gasteiger charge is -2.38. The van der Waals surface area contributed by atoms with E-state index in [2.05, 4.69) is 10.2 Å². The minimum absolute atomic E-state index is 0.0804. The molecule has 1 aliphatic heterocycles. The molecule has 2 N–H and O–H groups in total. The van der Waals surface area contributed by atoms with Crippen molar-refractivity contribution in [1.29, 1.82) is 0 Å². The standard InChI is InChI=1S/C22H24FN5O4S/c1-12(2)27-9-15(11-31-3)28-10-16(19(29)20(32-24)18(28)22(27)30)21-26-25-17(33-21)8-13-4-6-14(23)7-5-13/h4-7,10,12,15H,8-9,11,24H2,1-3H3/t15-/m1/s1. The van der Waals surface area contributed by atoms with E-state index in [-0.39, 0.29) is 40.8 Å². The smallest absolute Gasteiger partial charge is 0.274 e. The van der Waals surface area contributed by atoms with Gasteiger partial charge in [0.25, 0.3) is 5.91 Å². The zero-order valence-corrected chi connectivity index (χ0v) is 19.3. The average molecular weight is 474 g/mol. The highest BCUT2D eigenvalue weighted by molar-refractivity contribution is 7.14. The molecule has 11 heteroatoms. The summed E-state index contributed by atoms with van der Waals surface area (Å²) in [6, 6.07) is 5.78. The molecule has 3 heterocycles.